The largest absolute Gasteiger partial charge is 4.00 e. The van der Waals surface area contributed by atoms with Crippen LogP contribution in [0.3, 0.4) is 0 Å². The van der Waals surface area contributed by atoms with Gasteiger partial charge in [0.2, 0.25) is 0 Å². The van der Waals surface area contributed by atoms with E-state index in [2.05, 4.69) is 213 Å². The average Bonchev–Trinajstić information content (AvgIpc) is 3.76. The molecule has 0 saturated carbocycles. The third-order valence-corrected chi connectivity index (χ3v) is 20.2. The zero-order chi connectivity index (χ0) is 39.7. The van der Waals surface area contributed by atoms with Gasteiger partial charge in [-0.1, -0.05) is 196 Å². The first-order valence-corrected chi connectivity index (χ1v) is 34.4. The normalized spacial score (nSPS) is 12.6. The molecule has 7 aromatic carbocycles. The smallest absolute Gasteiger partial charge is 0.358 e. The topological polar surface area (TPSA) is 0 Å². The number of fused-ring (bicyclic) bond motifs is 2. The molecule has 58 heavy (non-hydrogen) atoms. The summed E-state index contributed by atoms with van der Waals surface area (Å²) in [5.74, 6) is 0. The van der Waals surface area contributed by atoms with Crippen LogP contribution in [-0.2, 0) is 37.7 Å². The van der Waals surface area contributed by atoms with Crippen molar-refractivity contribution in [1.29, 1.82) is 0 Å². The van der Waals surface area contributed by atoms with Gasteiger partial charge in [0.05, 0.1) is 32.3 Å². The van der Waals surface area contributed by atoms with Crippen molar-refractivity contribution in [3.05, 3.63) is 159 Å². The van der Waals surface area contributed by atoms with E-state index in [1.165, 1.54) is 60.5 Å². The molecule has 0 bridgehead atoms. The van der Waals surface area contributed by atoms with Crippen molar-refractivity contribution in [3.63, 3.8) is 0 Å². The molecular weight excluding hydrogens is 927 g/mol. The Morgan fingerprint density at radius 1 is 0.431 bits per heavy atom. The molecule has 0 amide bonds. The van der Waals surface area contributed by atoms with E-state index in [0.29, 0.717) is 0 Å². The van der Waals surface area contributed by atoms with Crippen LogP contribution in [0.4, 0.5) is 0 Å². The average molecular weight is 996 g/mol. The molecule has 7 aromatic rings. The first kappa shape index (κ1) is 47.7. The van der Waals surface area contributed by atoms with Gasteiger partial charge in [0, 0.05) is 0 Å². The second-order valence-electron chi connectivity index (χ2n) is 20.7. The fraction of sp³-hybridized carbons (Fsp3) is 0.283. The van der Waals surface area contributed by atoms with Crippen molar-refractivity contribution in [3.8, 4) is 22.3 Å². The standard InChI is InChI=1S/C51H62Si4.2CH3.Hf/c1-51(35-36-19-15-14-16-20-36,41-25-37-21-17-23-47(49(37)31-41)39-27-43(52(2,3)4)33-44(28-39)53(5,6)7)42-26-38-22-18-24-48(50(38)32-42)40-29-45(54(8,9)10)34-46(30-40)55(11,12)13;;;/h14-34H,35H2,1-13H3;2*1H3;/q-2;2*-1;+4. The number of hydrogen-bond acceptors (Lipinski definition) is 0. The van der Waals surface area contributed by atoms with Crippen molar-refractivity contribution in [1.82, 2.24) is 0 Å². The Bertz CT molecular complexity index is 2290. The minimum atomic E-state index is -1.53. The van der Waals surface area contributed by atoms with Gasteiger partial charge in [0.25, 0.3) is 0 Å². The molecule has 0 aliphatic carbocycles. The van der Waals surface area contributed by atoms with E-state index in [4.69, 9.17) is 0 Å². The van der Waals surface area contributed by atoms with Crippen molar-refractivity contribution in [2.75, 3.05) is 0 Å². The van der Waals surface area contributed by atoms with Gasteiger partial charge in [-0.2, -0.15) is 12.1 Å². The van der Waals surface area contributed by atoms with E-state index in [1.807, 2.05) is 0 Å². The zero-order valence-electron chi connectivity index (χ0n) is 38.3. The SMILES string of the molecule is CC(Cc1ccccc1)(c1cc2c(-c3cc([Si](C)(C)C)cc([Si](C)(C)C)c3)cccc2[cH-]1)c1cc2c(-c3cc([Si](C)(C)C)cc([Si](C)(C)C)c3)cccc2[cH-]1.[CH3-].[CH3-].[Hf+4]. The predicted octanol–water partition coefficient (Wildman–Crippen LogP) is 13.4. The van der Waals surface area contributed by atoms with Crippen LogP contribution in [0, 0.1) is 14.9 Å². The Hall–Kier alpha value is -2.94. The van der Waals surface area contributed by atoms with Gasteiger partial charge >= 0.3 is 25.8 Å². The summed E-state index contributed by atoms with van der Waals surface area (Å²) in [4.78, 5) is 0. The van der Waals surface area contributed by atoms with Gasteiger partial charge in [-0.05, 0) is 28.5 Å². The molecule has 0 unspecified atom stereocenters. The van der Waals surface area contributed by atoms with Crippen LogP contribution in [0.2, 0.25) is 78.6 Å². The van der Waals surface area contributed by atoms with Gasteiger partial charge in [-0.25, -0.2) is 0 Å². The fourth-order valence-electron chi connectivity index (χ4n) is 8.28. The van der Waals surface area contributed by atoms with E-state index in [9.17, 15) is 0 Å². The molecular formula is C53H68HfSi4. The summed E-state index contributed by atoms with van der Waals surface area (Å²) < 4.78 is 0. The summed E-state index contributed by atoms with van der Waals surface area (Å²) in [6.45, 7) is 32.3. The summed E-state index contributed by atoms with van der Waals surface area (Å²) in [5.41, 5.74) is 9.40. The first-order chi connectivity index (χ1) is 25.6. The third-order valence-electron chi connectivity index (χ3n) is 12.1. The van der Waals surface area contributed by atoms with E-state index in [-0.39, 0.29) is 46.1 Å². The van der Waals surface area contributed by atoms with Gasteiger partial charge in [0.1, 0.15) is 0 Å². The summed E-state index contributed by atoms with van der Waals surface area (Å²) >= 11 is 0. The van der Waals surface area contributed by atoms with Gasteiger partial charge < -0.3 is 14.9 Å². The molecule has 0 saturated heterocycles. The van der Waals surface area contributed by atoms with Crippen LogP contribution >= 0.6 is 0 Å². The van der Waals surface area contributed by atoms with Gasteiger partial charge in [0.15, 0.2) is 0 Å². The Kier molecular flexibility index (Phi) is 14.2. The molecule has 0 aromatic heterocycles. The van der Waals surface area contributed by atoms with Crippen molar-refractivity contribution >= 4 is 74.6 Å². The molecule has 0 aliphatic heterocycles. The molecule has 7 rings (SSSR count). The molecule has 0 N–H and O–H groups in total. The fourth-order valence-corrected chi connectivity index (χ4v) is 13.3. The van der Waals surface area contributed by atoms with Crippen LogP contribution in [0.15, 0.2) is 127 Å². The molecule has 0 heterocycles. The van der Waals surface area contributed by atoms with Crippen molar-refractivity contribution in [2.24, 2.45) is 0 Å². The monoisotopic (exact) mass is 996 g/mol. The van der Waals surface area contributed by atoms with E-state index < -0.39 is 32.3 Å². The Labute approximate surface area is 376 Å². The molecule has 300 valence electrons. The summed E-state index contributed by atoms with van der Waals surface area (Å²) in [6, 6.07) is 50.4. The van der Waals surface area contributed by atoms with E-state index in [1.54, 1.807) is 20.7 Å². The number of rotatable bonds is 10. The van der Waals surface area contributed by atoms with Gasteiger partial charge in [-0.15, -0.1) is 69.1 Å². The molecule has 5 heteroatoms. The minimum Gasteiger partial charge on any atom is -0.358 e. The zero-order valence-corrected chi connectivity index (χ0v) is 45.9. The molecule has 0 spiro atoms. The molecule has 0 radical (unpaired) electrons. The molecule has 0 aliphatic rings. The van der Waals surface area contributed by atoms with E-state index in [0.717, 1.165) is 6.42 Å². The van der Waals surface area contributed by atoms with E-state index >= 15 is 0 Å². The Morgan fingerprint density at radius 3 is 1.10 bits per heavy atom. The first-order valence-electron chi connectivity index (χ1n) is 20.4. The maximum absolute atomic E-state index is 2.55. The van der Waals surface area contributed by atoms with Crippen LogP contribution < -0.4 is 20.7 Å². The Balaban J connectivity index is 0.00000248. The summed E-state index contributed by atoms with van der Waals surface area (Å²) in [5, 5.41) is 11.6. The predicted molar refractivity (Wildman–Crippen MR) is 271 cm³/mol. The second-order valence-corrected chi connectivity index (χ2v) is 41.0. The summed E-state index contributed by atoms with van der Waals surface area (Å²) in [7, 11) is -6.13. The maximum atomic E-state index is 2.55. The molecule has 0 atom stereocenters. The third kappa shape index (κ3) is 9.65. The van der Waals surface area contributed by atoms with Crippen molar-refractivity contribution < 1.29 is 25.8 Å². The molecule has 0 fully saturated rings. The maximum Gasteiger partial charge on any atom is 4.00 e. The van der Waals surface area contributed by atoms with Crippen LogP contribution in [0.5, 0.6) is 0 Å². The van der Waals surface area contributed by atoms with Crippen LogP contribution in [0.1, 0.15) is 23.6 Å². The molecule has 0 nitrogen and oxygen atoms in total. The number of hydrogen-bond donors (Lipinski definition) is 0. The Morgan fingerprint density at radius 2 is 0.776 bits per heavy atom. The summed E-state index contributed by atoms with van der Waals surface area (Å²) in [6.07, 6.45) is 0.931. The minimum absolute atomic E-state index is 0. The quantitative estimate of drug-likeness (QED) is 0.0946. The second kappa shape index (κ2) is 17.2. The number of benzene rings is 5. The van der Waals surface area contributed by atoms with Crippen LogP contribution in [0.25, 0.3) is 43.8 Å². The van der Waals surface area contributed by atoms with Crippen LogP contribution in [-0.4, -0.2) is 32.3 Å². The van der Waals surface area contributed by atoms with Crippen molar-refractivity contribution in [2.45, 2.75) is 97.3 Å². The van der Waals surface area contributed by atoms with Gasteiger partial charge in [-0.3, -0.25) is 0 Å².